The van der Waals surface area contributed by atoms with Crippen molar-refractivity contribution in [2.75, 3.05) is 38.5 Å². The number of ether oxygens (including phenoxy) is 3. The first-order valence-electron chi connectivity index (χ1n) is 7.58. The van der Waals surface area contributed by atoms with E-state index in [0.29, 0.717) is 40.6 Å². The van der Waals surface area contributed by atoms with Crippen LogP contribution in [0.5, 0.6) is 17.2 Å². The van der Waals surface area contributed by atoms with Gasteiger partial charge in [-0.3, -0.25) is 0 Å². The summed E-state index contributed by atoms with van der Waals surface area (Å²) in [6.07, 6.45) is 1.59. The number of methoxy groups -OCH3 is 3. The number of anilines is 3. The number of rotatable bonds is 8. The molecule has 0 saturated heterocycles. The Labute approximate surface area is 141 Å². The van der Waals surface area contributed by atoms with E-state index in [1.54, 1.807) is 39.7 Å². The Balaban J connectivity index is 2.23. The monoisotopic (exact) mass is 333 g/mol. The Kier molecular flexibility index (Phi) is 6.00. The lowest BCUT2D eigenvalue weighted by Gasteiger charge is -2.14. The second-order valence-electron chi connectivity index (χ2n) is 5.48. The normalized spacial score (nSPS) is 10.4. The molecular weight excluding hydrogens is 310 g/mol. The first-order chi connectivity index (χ1) is 11.6. The van der Waals surface area contributed by atoms with E-state index in [9.17, 15) is 0 Å². The van der Waals surface area contributed by atoms with Gasteiger partial charge in [0.2, 0.25) is 11.7 Å². The summed E-state index contributed by atoms with van der Waals surface area (Å²) in [5.74, 6) is 3.15. The topological polar surface area (TPSA) is 90.4 Å². The van der Waals surface area contributed by atoms with Crippen LogP contribution in [0, 0.1) is 5.92 Å². The van der Waals surface area contributed by atoms with Gasteiger partial charge < -0.3 is 24.8 Å². The second kappa shape index (κ2) is 8.19. The zero-order valence-corrected chi connectivity index (χ0v) is 14.6. The van der Waals surface area contributed by atoms with Crippen molar-refractivity contribution in [3.63, 3.8) is 0 Å². The molecule has 0 bridgehead atoms. The minimum atomic E-state index is 0.373. The number of benzene rings is 1. The Hall–Kier alpha value is -2.77. The van der Waals surface area contributed by atoms with E-state index in [4.69, 9.17) is 14.2 Å². The van der Waals surface area contributed by atoms with Crippen LogP contribution in [0.2, 0.25) is 0 Å². The van der Waals surface area contributed by atoms with Gasteiger partial charge in [0.25, 0.3) is 0 Å². The first-order valence-corrected chi connectivity index (χ1v) is 7.58. The fourth-order valence-electron chi connectivity index (χ4n) is 2.03. The van der Waals surface area contributed by atoms with Gasteiger partial charge in [0, 0.05) is 24.4 Å². The summed E-state index contributed by atoms with van der Waals surface area (Å²) >= 11 is 0. The van der Waals surface area contributed by atoms with Crippen LogP contribution in [0.4, 0.5) is 17.5 Å². The number of nitrogens with one attached hydrogen (secondary N) is 2. The molecule has 1 heterocycles. The average Bonchev–Trinajstić information content (AvgIpc) is 2.59. The summed E-state index contributed by atoms with van der Waals surface area (Å²) < 4.78 is 16.0. The highest BCUT2D eigenvalue weighted by atomic mass is 16.5. The zero-order chi connectivity index (χ0) is 17.5. The number of hydrogen-bond acceptors (Lipinski definition) is 8. The number of nitrogens with zero attached hydrogens (tertiary/aromatic N) is 3. The van der Waals surface area contributed by atoms with Crippen molar-refractivity contribution in [1.29, 1.82) is 0 Å². The van der Waals surface area contributed by atoms with Gasteiger partial charge >= 0.3 is 0 Å². The summed E-state index contributed by atoms with van der Waals surface area (Å²) in [5.41, 5.74) is 0.701. The minimum Gasteiger partial charge on any atom is -0.493 e. The molecule has 0 aliphatic rings. The number of hydrogen-bond donors (Lipinski definition) is 2. The molecule has 2 aromatic rings. The Morgan fingerprint density at radius 1 is 1.04 bits per heavy atom. The molecule has 0 atom stereocenters. The summed E-state index contributed by atoms with van der Waals surface area (Å²) in [6.45, 7) is 5.05. The fourth-order valence-corrected chi connectivity index (χ4v) is 2.03. The van der Waals surface area contributed by atoms with Crippen LogP contribution >= 0.6 is 0 Å². The lowest BCUT2D eigenvalue weighted by Crippen LogP contribution is -2.11. The van der Waals surface area contributed by atoms with Crippen molar-refractivity contribution in [3.8, 4) is 17.2 Å². The molecule has 0 radical (unpaired) electrons. The molecule has 8 nitrogen and oxygen atoms in total. The third kappa shape index (κ3) is 4.37. The predicted octanol–water partition coefficient (Wildman–Crippen LogP) is 2.71. The highest BCUT2D eigenvalue weighted by Crippen LogP contribution is 2.40. The fraction of sp³-hybridized carbons (Fsp3) is 0.438. The molecule has 8 heteroatoms. The van der Waals surface area contributed by atoms with Crippen molar-refractivity contribution >= 4 is 17.5 Å². The van der Waals surface area contributed by atoms with Gasteiger partial charge in [-0.1, -0.05) is 13.8 Å². The molecule has 0 unspecified atom stereocenters. The molecule has 1 aromatic carbocycles. The number of aromatic nitrogens is 3. The average molecular weight is 333 g/mol. The van der Waals surface area contributed by atoms with Crippen LogP contribution in [0.15, 0.2) is 18.3 Å². The van der Waals surface area contributed by atoms with Gasteiger partial charge in [-0.25, -0.2) is 0 Å². The molecule has 0 amide bonds. The Morgan fingerprint density at radius 3 is 2.25 bits per heavy atom. The van der Waals surface area contributed by atoms with E-state index in [1.807, 2.05) is 0 Å². The molecule has 0 aliphatic heterocycles. The lowest BCUT2D eigenvalue weighted by atomic mass is 10.2. The van der Waals surface area contributed by atoms with E-state index < -0.39 is 0 Å². The van der Waals surface area contributed by atoms with Crippen molar-refractivity contribution in [2.45, 2.75) is 13.8 Å². The quantitative estimate of drug-likeness (QED) is 0.762. The van der Waals surface area contributed by atoms with Crippen molar-refractivity contribution in [1.82, 2.24) is 15.2 Å². The van der Waals surface area contributed by atoms with E-state index >= 15 is 0 Å². The molecule has 0 aliphatic carbocycles. The van der Waals surface area contributed by atoms with E-state index in [2.05, 4.69) is 39.7 Å². The highest BCUT2D eigenvalue weighted by molar-refractivity contribution is 5.65. The molecule has 2 N–H and O–H groups in total. The van der Waals surface area contributed by atoms with Crippen LogP contribution in [0.3, 0.4) is 0 Å². The standard InChI is InChI=1S/C16H23N5O3/c1-10(2)8-17-14-9-18-21-16(20-14)19-11-6-12(22-3)15(24-5)13(7-11)23-4/h6-7,9-10H,8H2,1-5H3,(H2,17,19,20,21). The van der Waals surface area contributed by atoms with Gasteiger partial charge in [0.05, 0.1) is 27.5 Å². The maximum absolute atomic E-state index is 5.33. The van der Waals surface area contributed by atoms with Gasteiger partial charge in [-0.2, -0.15) is 10.1 Å². The summed E-state index contributed by atoms with van der Waals surface area (Å²) in [6, 6.07) is 3.55. The summed E-state index contributed by atoms with van der Waals surface area (Å²) in [4.78, 5) is 4.38. The molecule has 2 rings (SSSR count). The molecule has 0 spiro atoms. The maximum atomic E-state index is 5.33. The van der Waals surface area contributed by atoms with Gasteiger partial charge in [0.15, 0.2) is 17.3 Å². The minimum absolute atomic E-state index is 0.373. The predicted molar refractivity (Wildman–Crippen MR) is 92.5 cm³/mol. The molecule has 1 aromatic heterocycles. The van der Waals surface area contributed by atoms with Gasteiger partial charge in [-0.15, -0.1) is 5.10 Å². The van der Waals surface area contributed by atoms with Gasteiger partial charge in [-0.05, 0) is 5.92 Å². The third-order valence-electron chi connectivity index (χ3n) is 3.17. The van der Waals surface area contributed by atoms with Crippen LogP contribution in [0.25, 0.3) is 0 Å². The summed E-state index contributed by atoms with van der Waals surface area (Å²) in [5, 5.41) is 14.2. The lowest BCUT2D eigenvalue weighted by molar-refractivity contribution is 0.324. The third-order valence-corrected chi connectivity index (χ3v) is 3.17. The van der Waals surface area contributed by atoms with E-state index in [0.717, 1.165) is 6.54 Å². The summed E-state index contributed by atoms with van der Waals surface area (Å²) in [7, 11) is 4.69. The molecular formula is C16H23N5O3. The molecule has 130 valence electrons. The highest BCUT2D eigenvalue weighted by Gasteiger charge is 2.14. The second-order valence-corrected chi connectivity index (χ2v) is 5.48. The maximum Gasteiger partial charge on any atom is 0.249 e. The SMILES string of the molecule is COc1cc(Nc2nncc(NCC(C)C)n2)cc(OC)c1OC. The zero-order valence-electron chi connectivity index (χ0n) is 14.6. The van der Waals surface area contributed by atoms with Crippen molar-refractivity contribution < 1.29 is 14.2 Å². The largest absolute Gasteiger partial charge is 0.493 e. The van der Waals surface area contributed by atoms with Gasteiger partial charge in [0.1, 0.15) is 0 Å². The van der Waals surface area contributed by atoms with Crippen LogP contribution in [0.1, 0.15) is 13.8 Å². The van der Waals surface area contributed by atoms with E-state index in [-0.39, 0.29) is 0 Å². The smallest absolute Gasteiger partial charge is 0.249 e. The van der Waals surface area contributed by atoms with Crippen LogP contribution in [-0.2, 0) is 0 Å². The van der Waals surface area contributed by atoms with Crippen LogP contribution < -0.4 is 24.8 Å². The van der Waals surface area contributed by atoms with E-state index in [1.165, 1.54) is 0 Å². The van der Waals surface area contributed by atoms with Crippen molar-refractivity contribution in [2.24, 2.45) is 5.92 Å². The van der Waals surface area contributed by atoms with Crippen LogP contribution in [-0.4, -0.2) is 43.1 Å². The first kappa shape index (κ1) is 17.6. The Morgan fingerprint density at radius 2 is 1.71 bits per heavy atom. The molecule has 24 heavy (non-hydrogen) atoms. The molecule has 0 saturated carbocycles. The van der Waals surface area contributed by atoms with Crippen molar-refractivity contribution in [3.05, 3.63) is 18.3 Å². The molecule has 0 fully saturated rings. The Bertz CT molecular complexity index is 654.